The fourth-order valence-corrected chi connectivity index (χ4v) is 1.73. The van der Waals surface area contributed by atoms with Crippen molar-refractivity contribution in [2.75, 3.05) is 0 Å². The third-order valence-electron chi connectivity index (χ3n) is 2.80. The topological polar surface area (TPSA) is 104 Å². The van der Waals surface area contributed by atoms with Crippen molar-refractivity contribution in [3.8, 4) is 17.1 Å². The quantitative estimate of drug-likeness (QED) is 0.526. The minimum atomic E-state index is -0.470. The highest BCUT2D eigenvalue weighted by molar-refractivity contribution is 5.51. The number of rotatable bonds is 5. The van der Waals surface area contributed by atoms with Gasteiger partial charge in [0.25, 0.3) is 11.6 Å². The van der Waals surface area contributed by atoms with Gasteiger partial charge in [-0.2, -0.15) is 4.98 Å². The van der Waals surface area contributed by atoms with Crippen LogP contribution in [-0.2, 0) is 6.61 Å². The number of nitro groups is 1. The van der Waals surface area contributed by atoms with Crippen LogP contribution in [0.15, 0.2) is 53.3 Å². The molecule has 3 rings (SSSR count). The van der Waals surface area contributed by atoms with Crippen LogP contribution in [0.25, 0.3) is 11.4 Å². The summed E-state index contributed by atoms with van der Waals surface area (Å²) in [7, 11) is 0. The number of hydrogen-bond acceptors (Lipinski definition) is 7. The molecule has 8 heteroatoms. The second-order valence-corrected chi connectivity index (χ2v) is 4.29. The number of ether oxygens (including phenoxy) is 1. The number of pyridine rings is 1. The van der Waals surface area contributed by atoms with Gasteiger partial charge in [-0.25, -0.2) is 0 Å². The van der Waals surface area contributed by atoms with E-state index in [9.17, 15) is 10.1 Å². The first-order valence-corrected chi connectivity index (χ1v) is 6.32. The van der Waals surface area contributed by atoms with Gasteiger partial charge in [0, 0.05) is 30.1 Å². The molecule has 0 fully saturated rings. The summed E-state index contributed by atoms with van der Waals surface area (Å²) in [5.41, 5.74) is 0.747. The molecule has 0 unspecified atom stereocenters. The minimum Gasteiger partial charge on any atom is -0.484 e. The van der Waals surface area contributed by atoms with E-state index in [4.69, 9.17) is 9.26 Å². The van der Waals surface area contributed by atoms with Crippen LogP contribution in [0.1, 0.15) is 5.89 Å². The lowest BCUT2D eigenvalue weighted by Gasteiger charge is -2.01. The van der Waals surface area contributed by atoms with Crippen molar-refractivity contribution in [1.82, 2.24) is 15.1 Å². The van der Waals surface area contributed by atoms with Crippen molar-refractivity contribution < 1.29 is 14.2 Å². The maximum Gasteiger partial charge on any atom is 0.269 e. The van der Waals surface area contributed by atoms with E-state index in [0.29, 0.717) is 17.5 Å². The molecule has 0 aliphatic rings. The summed E-state index contributed by atoms with van der Waals surface area (Å²) >= 11 is 0. The second kappa shape index (κ2) is 6.00. The van der Waals surface area contributed by atoms with E-state index in [1.165, 1.54) is 24.3 Å². The minimum absolute atomic E-state index is 0.00371. The Kier molecular flexibility index (Phi) is 3.73. The summed E-state index contributed by atoms with van der Waals surface area (Å²) in [6, 6.07) is 9.35. The molecule has 2 aromatic heterocycles. The highest BCUT2D eigenvalue weighted by Gasteiger charge is 2.10. The SMILES string of the molecule is O=[N+]([O-])c1ccc(OCc2nc(-c3cccnc3)no2)cc1. The summed E-state index contributed by atoms with van der Waals surface area (Å²) < 4.78 is 10.5. The number of aromatic nitrogens is 3. The molecule has 8 nitrogen and oxygen atoms in total. The van der Waals surface area contributed by atoms with Gasteiger partial charge in [-0.1, -0.05) is 5.16 Å². The van der Waals surface area contributed by atoms with Crippen molar-refractivity contribution in [2.24, 2.45) is 0 Å². The van der Waals surface area contributed by atoms with Gasteiger partial charge in [0.1, 0.15) is 5.75 Å². The summed E-state index contributed by atoms with van der Waals surface area (Å²) in [6.07, 6.45) is 3.29. The molecule has 0 bridgehead atoms. The first kappa shape index (κ1) is 13.7. The van der Waals surface area contributed by atoms with Crippen LogP contribution in [-0.4, -0.2) is 20.0 Å². The number of hydrogen-bond donors (Lipinski definition) is 0. The van der Waals surface area contributed by atoms with Crippen LogP contribution in [0, 0.1) is 10.1 Å². The van der Waals surface area contributed by atoms with Crippen LogP contribution in [0.2, 0.25) is 0 Å². The van der Waals surface area contributed by atoms with E-state index in [1.54, 1.807) is 18.5 Å². The van der Waals surface area contributed by atoms with Crippen molar-refractivity contribution in [2.45, 2.75) is 6.61 Å². The van der Waals surface area contributed by atoms with Crippen molar-refractivity contribution in [3.63, 3.8) is 0 Å². The van der Waals surface area contributed by atoms with Crippen LogP contribution in [0.3, 0.4) is 0 Å². The molecule has 2 heterocycles. The van der Waals surface area contributed by atoms with E-state index >= 15 is 0 Å². The zero-order valence-corrected chi connectivity index (χ0v) is 11.2. The zero-order chi connectivity index (χ0) is 15.4. The maximum absolute atomic E-state index is 10.6. The Labute approximate surface area is 124 Å². The smallest absolute Gasteiger partial charge is 0.269 e. The molecule has 110 valence electrons. The van der Waals surface area contributed by atoms with Gasteiger partial charge in [0.15, 0.2) is 6.61 Å². The molecular weight excluding hydrogens is 288 g/mol. The van der Waals surface area contributed by atoms with Gasteiger partial charge in [0.05, 0.1) is 4.92 Å². The molecule has 0 saturated heterocycles. The Balaban J connectivity index is 1.65. The molecule has 0 aliphatic heterocycles. The molecule has 0 atom stereocenters. The monoisotopic (exact) mass is 298 g/mol. The molecule has 0 N–H and O–H groups in total. The second-order valence-electron chi connectivity index (χ2n) is 4.29. The molecule has 0 aliphatic carbocycles. The van der Waals surface area contributed by atoms with Gasteiger partial charge in [-0.3, -0.25) is 15.1 Å². The molecule has 1 aromatic carbocycles. The van der Waals surface area contributed by atoms with Crippen LogP contribution < -0.4 is 4.74 Å². The third-order valence-corrected chi connectivity index (χ3v) is 2.80. The summed E-state index contributed by atoms with van der Waals surface area (Å²) in [6.45, 7) is 0.0745. The van der Waals surface area contributed by atoms with Crippen LogP contribution >= 0.6 is 0 Å². The first-order chi connectivity index (χ1) is 10.7. The normalized spacial score (nSPS) is 10.4. The van der Waals surface area contributed by atoms with Gasteiger partial charge < -0.3 is 9.26 Å². The van der Waals surface area contributed by atoms with Gasteiger partial charge in [-0.05, 0) is 24.3 Å². The molecule has 0 saturated carbocycles. The number of non-ortho nitro benzene ring substituents is 1. The Morgan fingerprint density at radius 1 is 1.23 bits per heavy atom. The number of nitrogens with zero attached hydrogens (tertiary/aromatic N) is 4. The van der Waals surface area contributed by atoms with E-state index in [1.807, 2.05) is 6.07 Å². The zero-order valence-electron chi connectivity index (χ0n) is 11.2. The van der Waals surface area contributed by atoms with Crippen molar-refractivity contribution in [1.29, 1.82) is 0 Å². The molecule has 0 radical (unpaired) electrons. The fourth-order valence-electron chi connectivity index (χ4n) is 1.73. The molecule has 0 spiro atoms. The lowest BCUT2D eigenvalue weighted by Crippen LogP contribution is -1.96. The van der Waals surface area contributed by atoms with Gasteiger partial charge >= 0.3 is 0 Å². The summed E-state index contributed by atoms with van der Waals surface area (Å²) in [5, 5.41) is 14.4. The Hall–Kier alpha value is -3.29. The Morgan fingerprint density at radius 2 is 2.05 bits per heavy atom. The lowest BCUT2D eigenvalue weighted by molar-refractivity contribution is -0.384. The third kappa shape index (κ3) is 3.06. The largest absolute Gasteiger partial charge is 0.484 e. The number of benzene rings is 1. The predicted octanol–water partition coefficient (Wildman–Crippen LogP) is 2.62. The average Bonchev–Trinajstić information content (AvgIpc) is 3.03. The predicted molar refractivity (Wildman–Crippen MR) is 75.0 cm³/mol. The van der Waals surface area contributed by atoms with E-state index in [0.717, 1.165) is 5.56 Å². The fraction of sp³-hybridized carbons (Fsp3) is 0.0714. The molecule has 0 amide bonds. The van der Waals surface area contributed by atoms with Gasteiger partial charge in [-0.15, -0.1) is 0 Å². The molecule has 3 aromatic rings. The van der Waals surface area contributed by atoms with Crippen LogP contribution in [0.5, 0.6) is 5.75 Å². The van der Waals surface area contributed by atoms with E-state index < -0.39 is 4.92 Å². The van der Waals surface area contributed by atoms with Crippen LogP contribution in [0.4, 0.5) is 5.69 Å². The average molecular weight is 298 g/mol. The first-order valence-electron chi connectivity index (χ1n) is 6.32. The standard InChI is InChI=1S/C14H10N4O4/c19-18(20)11-3-5-12(6-4-11)21-9-13-16-14(17-22-13)10-2-1-7-15-8-10/h1-8H,9H2. The Morgan fingerprint density at radius 3 is 2.73 bits per heavy atom. The lowest BCUT2D eigenvalue weighted by atomic mass is 10.3. The summed E-state index contributed by atoms with van der Waals surface area (Å²) in [4.78, 5) is 18.3. The van der Waals surface area contributed by atoms with Crippen molar-refractivity contribution >= 4 is 5.69 Å². The summed E-state index contributed by atoms with van der Waals surface area (Å²) in [5.74, 6) is 1.21. The highest BCUT2D eigenvalue weighted by atomic mass is 16.6. The molecular formula is C14H10N4O4. The van der Waals surface area contributed by atoms with Gasteiger partial charge in [0.2, 0.25) is 5.82 Å². The highest BCUT2D eigenvalue weighted by Crippen LogP contribution is 2.19. The Bertz CT molecular complexity index is 771. The maximum atomic E-state index is 10.6. The molecule has 22 heavy (non-hydrogen) atoms. The van der Waals surface area contributed by atoms with E-state index in [-0.39, 0.29) is 12.3 Å². The van der Waals surface area contributed by atoms with Crippen molar-refractivity contribution in [3.05, 3.63) is 64.8 Å². The number of nitro benzene ring substituents is 1. The van der Waals surface area contributed by atoms with E-state index in [2.05, 4.69) is 15.1 Å².